The van der Waals surface area contributed by atoms with Crippen molar-refractivity contribution in [2.45, 2.75) is 31.7 Å². The van der Waals surface area contributed by atoms with Crippen LogP contribution >= 0.6 is 0 Å². The standard InChI is InChI=1S/C15H11F6N3/c1-8-3-5-10(6-4-8)12-23-9(2)11(7-22)13(24-12,14(16,17)18)15(19,20)21/h3-6H,1-2H3,(H,23,24). The highest BCUT2D eigenvalue weighted by Gasteiger charge is 2.75. The minimum absolute atomic E-state index is 0.0508. The topological polar surface area (TPSA) is 48.2 Å². The van der Waals surface area contributed by atoms with Crippen LogP contribution < -0.4 is 5.32 Å². The summed E-state index contributed by atoms with van der Waals surface area (Å²) in [5.74, 6) is -0.596. The summed E-state index contributed by atoms with van der Waals surface area (Å²) in [6.45, 7) is 2.70. The number of amidine groups is 1. The molecule has 0 radical (unpaired) electrons. The fourth-order valence-electron chi connectivity index (χ4n) is 2.35. The molecule has 0 unspecified atom stereocenters. The van der Waals surface area contributed by atoms with Gasteiger partial charge in [0.1, 0.15) is 5.84 Å². The van der Waals surface area contributed by atoms with Gasteiger partial charge in [0.2, 0.25) is 0 Å². The van der Waals surface area contributed by atoms with Crippen molar-refractivity contribution in [3.63, 3.8) is 0 Å². The van der Waals surface area contributed by atoms with Crippen molar-refractivity contribution >= 4 is 5.84 Å². The lowest BCUT2D eigenvalue weighted by Crippen LogP contribution is -2.60. The Morgan fingerprint density at radius 2 is 1.50 bits per heavy atom. The number of nitrogens with one attached hydrogen (secondary N) is 1. The maximum absolute atomic E-state index is 13.4. The van der Waals surface area contributed by atoms with Gasteiger partial charge in [-0.15, -0.1) is 0 Å². The second-order valence-electron chi connectivity index (χ2n) is 5.27. The average molecular weight is 347 g/mol. The van der Waals surface area contributed by atoms with E-state index in [0.717, 1.165) is 18.6 Å². The number of aryl methyl sites for hydroxylation is 1. The molecule has 1 N–H and O–H groups in total. The maximum atomic E-state index is 13.4. The summed E-state index contributed by atoms with van der Waals surface area (Å²) in [6.07, 6.45) is -11.6. The van der Waals surface area contributed by atoms with E-state index in [1.165, 1.54) is 24.3 Å². The molecule has 3 nitrogen and oxygen atoms in total. The van der Waals surface area contributed by atoms with Gasteiger partial charge in [0.25, 0.3) is 5.54 Å². The maximum Gasteiger partial charge on any atom is 0.427 e. The van der Waals surface area contributed by atoms with Crippen molar-refractivity contribution in [3.05, 3.63) is 46.7 Å². The Hall–Kier alpha value is -2.50. The van der Waals surface area contributed by atoms with E-state index in [0.29, 0.717) is 0 Å². The van der Waals surface area contributed by atoms with E-state index in [1.807, 2.05) is 0 Å². The van der Waals surface area contributed by atoms with Gasteiger partial charge in [-0.3, -0.25) is 0 Å². The molecular formula is C15H11F6N3. The van der Waals surface area contributed by atoms with Crippen molar-refractivity contribution < 1.29 is 26.3 Å². The molecular weight excluding hydrogens is 336 g/mol. The Labute approximate surface area is 133 Å². The number of halogens is 6. The first kappa shape index (κ1) is 17.8. The lowest BCUT2D eigenvalue weighted by molar-refractivity contribution is -0.281. The van der Waals surface area contributed by atoms with Gasteiger partial charge in [-0.25, -0.2) is 4.99 Å². The lowest BCUT2D eigenvalue weighted by atomic mass is 9.86. The Kier molecular flexibility index (Phi) is 4.12. The molecule has 9 heteroatoms. The second kappa shape index (κ2) is 5.54. The van der Waals surface area contributed by atoms with Crippen LogP contribution in [0.4, 0.5) is 26.3 Å². The molecule has 0 saturated heterocycles. The molecule has 24 heavy (non-hydrogen) atoms. The van der Waals surface area contributed by atoms with E-state index in [-0.39, 0.29) is 5.56 Å². The van der Waals surface area contributed by atoms with Crippen molar-refractivity contribution in [3.8, 4) is 6.07 Å². The SMILES string of the molecule is CC1=C(C#N)C(C(F)(F)F)(C(F)(F)F)N=C(c2ccc(C)cc2)N1. The molecule has 1 aromatic rings. The Bertz CT molecular complexity index is 733. The van der Waals surface area contributed by atoms with E-state index in [1.54, 1.807) is 6.92 Å². The van der Waals surface area contributed by atoms with Gasteiger partial charge in [-0.1, -0.05) is 29.8 Å². The van der Waals surface area contributed by atoms with Crippen molar-refractivity contribution in [1.82, 2.24) is 5.32 Å². The Morgan fingerprint density at radius 1 is 1.00 bits per heavy atom. The van der Waals surface area contributed by atoms with Crippen LogP contribution in [0, 0.1) is 18.3 Å². The molecule has 0 amide bonds. The van der Waals surface area contributed by atoms with Gasteiger partial charge in [0.15, 0.2) is 0 Å². The smallest absolute Gasteiger partial charge is 0.343 e. The number of rotatable bonds is 1. The van der Waals surface area contributed by atoms with Crippen LogP contribution in [-0.4, -0.2) is 23.7 Å². The Balaban J connectivity index is 2.78. The lowest BCUT2D eigenvalue weighted by Gasteiger charge is -2.37. The quantitative estimate of drug-likeness (QED) is 0.781. The first-order valence-electron chi connectivity index (χ1n) is 6.63. The van der Waals surface area contributed by atoms with Gasteiger partial charge >= 0.3 is 12.4 Å². The number of allylic oxidation sites excluding steroid dienone is 1. The molecule has 0 spiro atoms. The van der Waals surface area contributed by atoms with Gasteiger partial charge in [-0.05, 0) is 13.8 Å². The predicted molar refractivity (Wildman–Crippen MR) is 74.0 cm³/mol. The fraction of sp³-hybridized carbons (Fsp3) is 0.333. The van der Waals surface area contributed by atoms with Crippen LogP contribution in [0.2, 0.25) is 0 Å². The summed E-state index contributed by atoms with van der Waals surface area (Å²) in [6, 6.07) is 6.77. The summed E-state index contributed by atoms with van der Waals surface area (Å²) >= 11 is 0. The van der Waals surface area contributed by atoms with Crippen molar-refractivity contribution in [2.75, 3.05) is 0 Å². The molecule has 128 valence electrons. The van der Waals surface area contributed by atoms with Gasteiger partial charge < -0.3 is 5.32 Å². The van der Waals surface area contributed by atoms with E-state index in [4.69, 9.17) is 5.26 Å². The fourth-order valence-corrected chi connectivity index (χ4v) is 2.35. The van der Waals surface area contributed by atoms with E-state index < -0.39 is 35.0 Å². The molecule has 0 aliphatic carbocycles. The summed E-state index contributed by atoms with van der Waals surface area (Å²) in [4.78, 5) is 2.93. The summed E-state index contributed by atoms with van der Waals surface area (Å²) in [5.41, 5.74) is -5.83. The minimum atomic E-state index is -5.82. The summed E-state index contributed by atoms with van der Waals surface area (Å²) in [5, 5.41) is 11.3. The van der Waals surface area contributed by atoms with Crippen LogP contribution in [0.5, 0.6) is 0 Å². The van der Waals surface area contributed by atoms with Crippen molar-refractivity contribution in [1.29, 1.82) is 5.26 Å². The monoisotopic (exact) mass is 347 g/mol. The second-order valence-corrected chi connectivity index (χ2v) is 5.27. The molecule has 0 aromatic heterocycles. The summed E-state index contributed by atoms with van der Waals surface area (Å²) < 4.78 is 80.5. The molecule has 1 aromatic carbocycles. The van der Waals surface area contributed by atoms with Crippen LogP contribution in [0.25, 0.3) is 0 Å². The van der Waals surface area contributed by atoms with E-state index in [2.05, 4.69) is 10.3 Å². The highest BCUT2D eigenvalue weighted by Crippen LogP contribution is 2.52. The number of hydrogen-bond donors (Lipinski definition) is 1. The zero-order chi connectivity index (χ0) is 18.3. The first-order valence-corrected chi connectivity index (χ1v) is 6.63. The van der Waals surface area contributed by atoms with Crippen molar-refractivity contribution in [2.24, 2.45) is 4.99 Å². The Morgan fingerprint density at radius 3 is 1.92 bits per heavy atom. The van der Waals surface area contributed by atoms with Gasteiger partial charge in [0, 0.05) is 11.3 Å². The number of aliphatic imine (C=N–C) groups is 1. The van der Waals surface area contributed by atoms with Crippen LogP contribution in [0.15, 0.2) is 40.5 Å². The third-order valence-electron chi connectivity index (χ3n) is 3.58. The van der Waals surface area contributed by atoms with Gasteiger partial charge in [-0.2, -0.15) is 31.6 Å². The summed E-state index contributed by atoms with van der Waals surface area (Å²) in [7, 11) is 0. The molecule has 1 aliphatic heterocycles. The number of nitriles is 1. The normalized spacial score (nSPS) is 17.9. The number of alkyl halides is 6. The first-order chi connectivity index (χ1) is 10.9. The molecule has 0 saturated carbocycles. The zero-order valence-corrected chi connectivity index (χ0v) is 12.5. The zero-order valence-electron chi connectivity index (χ0n) is 12.5. The highest BCUT2D eigenvalue weighted by atomic mass is 19.4. The number of nitrogens with zero attached hydrogens (tertiary/aromatic N) is 2. The van der Waals surface area contributed by atoms with E-state index in [9.17, 15) is 26.3 Å². The molecule has 1 heterocycles. The van der Waals surface area contributed by atoms with Crippen LogP contribution in [0.3, 0.4) is 0 Å². The van der Waals surface area contributed by atoms with Gasteiger partial charge in [0.05, 0.1) is 11.6 Å². The molecule has 2 rings (SSSR count). The molecule has 0 bridgehead atoms. The third-order valence-corrected chi connectivity index (χ3v) is 3.58. The predicted octanol–water partition coefficient (Wildman–Crippen LogP) is 4.01. The third kappa shape index (κ3) is 2.62. The molecule has 1 aliphatic rings. The largest absolute Gasteiger partial charge is 0.427 e. The van der Waals surface area contributed by atoms with Crippen LogP contribution in [-0.2, 0) is 0 Å². The number of hydrogen-bond acceptors (Lipinski definition) is 3. The van der Waals surface area contributed by atoms with Crippen LogP contribution in [0.1, 0.15) is 18.1 Å². The molecule has 0 fully saturated rings. The highest BCUT2D eigenvalue weighted by molar-refractivity contribution is 6.01. The number of benzene rings is 1. The minimum Gasteiger partial charge on any atom is -0.343 e. The van der Waals surface area contributed by atoms with E-state index >= 15 is 0 Å². The average Bonchev–Trinajstić information content (AvgIpc) is 2.44. The molecule has 0 atom stereocenters.